The molecule has 0 bridgehead atoms. The SMILES string of the molecule is CC/C(C)=C(/N)c1ccccc1. The van der Waals surface area contributed by atoms with E-state index in [1.807, 2.05) is 30.3 Å². The van der Waals surface area contributed by atoms with E-state index in [4.69, 9.17) is 5.73 Å². The van der Waals surface area contributed by atoms with Crippen LogP contribution >= 0.6 is 0 Å². The number of nitrogens with two attached hydrogens (primary N) is 1. The second-order valence-corrected chi connectivity index (χ2v) is 2.91. The Bertz CT molecular complexity index is 272. The molecule has 0 unspecified atom stereocenters. The van der Waals surface area contributed by atoms with Crippen LogP contribution in [0.25, 0.3) is 5.70 Å². The van der Waals surface area contributed by atoms with Crippen LogP contribution in [-0.4, -0.2) is 0 Å². The van der Waals surface area contributed by atoms with Crippen LogP contribution in [0.1, 0.15) is 25.8 Å². The first-order valence-electron chi connectivity index (χ1n) is 4.26. The summed E-state index contributed by atoms with van der Waals surface area (Å²) in [7, 11) is 0. The summed E-state index contributed by atoms with van der Waals surface area (Å²) in [5.74, 6) is 0. The van der Waals surface area contributed by atoms with Crippen LogP contribution in [0.2, 0.25) is 0 Å². The van der Waals surface area contributed by atoms with Gasteiger partial charge in [0.2, 0.25) is 0 Å². The van der Waals surface area contributed by atoms with E-state index in [1.54, 1.807) is 0 Å². The van der Waals surface area contributed by atoms with E-state index in [0.29, 0.717) is 0 Å². The normalized spacial score (nSPS) is 12.5. The molecule has 1 aromatic rings. The van der Waals surface area contributed by atoms with Crippen LogP contribution in [0.5, 0.6) is 0 Å². The van der Waals surface area contributed by atoms with E-state index >= 15 is 0 Å². The van der Waals surface area contributed by atoms with E-state index in [1.165, 1.54) is 5.57 Å². The smallest absolute Gasteiger partial charge is 0.0376 e. The van der Waals surface area contributed by atoms with Gasteiger partial charge in [0.25, 0.3) is 0 Å². The van der Waals surface area contributed by atoms with Crippen LogP contribution in [0, 0.1) is 0 Å². The number of allylic oxidation sites excluding steroid dienone is 1. The summed E-state index contributed by atoms with van der Waals surface area (Å²) in [6.45, 7) is 4.19. The molecule has 0 aromatic heterocycles. The van der Waals surface area contributed by atoms with E-state index in [-0.39, 0.29) is 0 Å². The Morgan fingerprint density at radius 1 is 1.25 bits per heavy atom. The molecule has 0 spiro atoms. The zero-order valence-electron chi connectivity index (χ0n) is 7.67. The number of benzene rings is 1. The zero-order valence-corrected chi connectivity index (χ0v) is 7.67. The average molecular weight is 161 g/mol. The van der Waals surface area contributed by atoms with Crippen molar-refractivity contribution >= 4 is 5.70 Å². The molecule has 1 heteroatoms. The maximum Gasteiger partial charge on any atom is 0.0376 e. The highest BCUT2D eigenvalue weighted by Gasteiger charge is 1.97. The molecule has 0 heterocycles. The Kier molecular flexibility index (Phi) is 2.92. The molecular formula is C11H15N. The fourth-order valence-electron chi connectivity index (χ4n) is 1.05. The molecule has 0 aliphatic rings. The van der Waals surface area contributed by atoms with Gasteiger partial charge in [-0.05, 0) is 18.9 Å². The molecule has 1 nitrogen and oxygen atoms in total. The largest absolute Gasteiger partial charge is 0.398 e. The third kappa shape index (κ3) is 1.88. The average Bonchev–Trinajstić information content (AvgIpc) is 2.17. The lowest BCUT2D eigenvalue weighted by atomic mass is 10.1. The Labute approximate surface area is 73.9 Å². The fourth-order valence-corrected chi connectivity index (χ4v) is 1.05. The van der Waals surface area contributed by atoms with Crippen molar-refractivity contribution in [1.29, 1.82) is 0 Å². The minimum atomic E-state index is 0.915. The summed E-state index contributed by atoms with van der Waals surface area (Å²) in [5.41, 5.74) is 9.22. The van der Waals surface area contributed by atoms with Gasteiger partial charge >= 0.3 is 0 Å². The van der Waals surface area contributed by atoms with E-state index in [0.717, 1.165) is 17.7 Å². The van der Waals surface area contributed by atoms with Gasteiger partial charge in [-0.25, -0.2) is 0 Å². The minimum absolute atomic E-state index is 0.915. The molecule has 0 radical (unpaired) electrons. The van der Waals surface area contributed by atoms with Gasteiger partial charge in [0.1, 0.15) is 0 Å². The lowest BCUT2D eigenvalue weighted by molar-refractivity contribution is 1.09. The predicted molar refractivity (Wildman–Crippen MR) is 53.5 cm³/mol. The van der Waals surface area contributed by atoms with E-state index in [2.05, 4.69) is 13.8 Å². The first-order chi connectivity index (χ1) is 5.75. The van der Waals surface area contributed by atoms with E-state index in [9.17, 15) is 0 Å². The van der Waals surface area contributed by atoms with Gasteiger partial charge in [0, 0.05) is 5.70 Å². The lowest BCUT2D eigenvalue weighted by Crippen LogP contribution is -1.98. The van der Waals surface area contributed by atoms with Gasteiger partial charge in [-0.3, -0.25) is 0 Å². The molecule has 64 valence electrons. The van der Waals surface area contributed by atoms with Gasteiger partial charge in [0.05, 0.1) is 0 Å². The molecule has 1 rings (SSSR count). The van der Waals surface area contributed by atoms with E-state index < -0.39 is 0 Å². The van der Waals surface area contributed by atoms with Gasteiger partial charge in [-0.15, -0.1) is 0 Å². The molecule has 0 saturated carbocycles. The highest BCUT2D eigenvalue weighted by molar-refractivity contribution is 5.65. The Hall–Kier alpha value is -1.24. The Morgan fingerprint density at radius 2 is 1.83 bits per heavy atom. The summed E-state index contributed by atoms with van der Waals surface area (Å²) in [5, 5.41) is 0. The van der Waals surface area contributed by atoms with Crippen molar-refractivity contribution in [2.45, 2.75) is 20.3 Å². The van der Waals surface area contributed by atoms with Crippen LogP contribution < -0.4 is 5.73 Å². The zero-order chi connectivity index (χ0) is 8.97. The molecule has 0 saturated heterocycles. The fraction of sp³-hybridized carbons (Fsp3) is 0.273. The summed E-state index contributed by atoms with van der Waals surface area (Å²) in [6.07, 6.45) is 1.01. The summed E-state index contributed by atoms with van der Waals surface area (Å²) >= 11 is 0. The van der Waals surface area contributed by atoms with Crippen LogP contribution in [0.4, 0.5) is 0 Å². The monoisotopic (exact) mass is 161 g/mol. The second kappa shape index (κ2) is 3.96. The topological polar surface area (TPSA) is 26.0 Å². The predicted octanol–water partition coefficient (Wildman–Crippen LogP) is 2.79. The molecule has 0 amide bonds. The summed E-state index contributed by atoms with van der Waals surface area (Å²) in [4.78, 5) is 0. The van der Waals surface area contributed by atoms with Gasteiger partial charge < -0.3 is 5.73 Å². The quantitative estimate of drug-likeness (QED) is 0.709. The van der Waals surface area contributed by atoms with Crippen LogP contribution in [0.3, 0.4) is 0 Å². The van der Waals surface area contributed by atoms with Crippen molar-refractivity contribution < 1.29 is 0 Å². The first kappa shape index (κ1) is 8.85. The standard InChI is InChI=1S/C11H15N/c1-3-9(2)11(12)10-7-5-4-6-8-10/h4-8H,3,12H2,1-2H3/b11-9+. The Morgan fingerprint density at radius 3 is 2.33 bits per heavy atom. The van der Waals surface area contributed by atoms with Gasteiger partial charge in [0.15, 0.2) is 0 Å². The third-order valence-electron chi connectivity index (χ3n) is 2.07. The molecule has 12 heavy (non-hydrogen) atoms. The van der Waals surface area contributed by atoms with Crippen molar-refractivity contribution in [1.82, 2.24) is 0 Å². The minimum Gasteiger partial charge on any atom is -0.398 e. The van der Waals surface area contributed by atoms with Crippen molar-refractivity contribution in [2.75, 3.05) is 0 Å². The van der Waals surface area contributed by atoms with Crippen molar-refractivity contribution in [3.63, 3.8) is 0 Å². The van der Waals surface area contributed by atoms with Crippen molar-refractivity contribution in [3.8, 4) is 0 Å². The third-order valence-corrected chi connectivity index (χ3v) is 2.07. The Balaban J connectivity index is 3.00. The van der Waals surface area contributed by atoms with Crippen molar-refractivity contribution in [2.24, 2.45) is 5.73 Å². The highest BCUT2D eigenvalue weighted by atomic mass is 14.6. The van der Waals surface area contributed by atoms with Crippen LogP contribution in [-0.2, 0) is 0 Å². The van der Waals surface area contributed by atoms with Crippen molar-refractivity contribution in [3.05, 3.63) is 41.5 Å². The number of hydrogen-bond donors (Lipinski definition) is 1. The molecule has 0 aliphatic carbocycles. The van der Waals surface area contributed by atoms with Gasteiger partial charge in [-0.2, -0.15) is 0 Å². The molecule has 0 fully saturated rings. The maximum absolute atomic E-state index is 5.93. The summed E-state index contributed by atoms with van der Waals surface area (Å²) < 4.78 is 0. The molecule has 2 N–H and O–H groups in total. The molecule has 0 aliphatic heterocycles. The molecule has 1 aromatic carbocycles. The molecular weight excluding hydrogens is 146 g/mol. The maximum atomic E-state index is 5.93. The highest BCUT2D eigenvalue weighted by Crippen LogP contribution is 2.14. The number of hydrogen-bond acceptors (Lipinski definition) is 1. The number of rotatable bonds is 2. The second-order valence-electron chi connectivity index (χ2n) is 2.91. The van der Waals surface area contributed by atoms with Crippen LogP contribution in [0.15, 0.2) is 35.9 Å². The van der Waals surface area contributed by atoms with Gasteiger partial charge in [-0.1, -0.05) is 42.8 Å². The molecule has 0 atom stereocenters. The summed E-state index contributed by atoms with van der Waals surface area (Å²) in [6, 6.07) is 10.1. The first-order valence-corrected chi connectivity index (χ1v) is 4.26. The lowest BCUT2D eigenvalue weighted by Gasteiger charge is -2.04.